The van der Waals surface area contributed by atoms with E-state index in [-0.39, 0.29) is 5.91 Å². The van der Waals surface area contributed by atoms with Gasteiger partial charge in [0, 0.05) is 11.6 Å². The second-order valence-corrected chi connectivity index (χ2v) is 9.01. The van der Waals surface area contributed by atoms with Gasteiger partial charge in [-0.25, -0.2) is 0 Å². The lowest BCUT2D eigenvalue weighted by atomic mass is 9.87. The van der Waals surface area contributed by atoms with Gasteiger partial charge in [0.2, 0.25) is 0 Å². The van der Waals surface area contributed by atoms with Gasteiger partial charge in [-0.15, -0.1) is 0 Å². The summed E-state index contributed by atoms with van der Waals surface area (Å²) >= 11 is 0. The summed E-state index contributed by atoms with van der Waals surface area (Å²) in [7, 11) is 3.36. The van der Waals surface area contributed by atoms with Crippen LogP contribution in [0.25, 0.3) is 0 Å². The molecule has 1 aliphatic carbocycles. The highest BCUT2D eigenvalue weighted by Crippen LogP contribution is 2.29. The van der Waals surface area contributed by atoms with Crippen LogP contribution in [0.2, 0.25) is 0 Å². The third-order valence-corrected chi connectivity index (χ3v) is 6.74. The highest BCUT2D eigenvalue weighted by molar-refractivity contribution is 5.77. The zero-order valence-electron chi connectivity index (χ0n) is 18.6. The molecule has 1 aromatic rings. The number of carbonyl (C=O) groups excluding carboxylic acids is 1. The van der Waals surface area contributed by atoms with Crippen molar-refractivity contribution in [2.24, 2.45) is 5.92 Å². The normalized spacial score (nSPS) is 27.3. The van der Waals surface area contributed by atoms with Crippen LogP contribution < -0.4 is 24.6 Å². The quantitative estimate of drug-likeness (QED) is 0.598. The average Bonchev–Trinajstić information content (AvgIpc) is 2.72. The first-order valence-electron chi connectivity index (χ1n) is 11.2. The Hall–Kier alpha value is -1.79. The molecule has 1 aromatic carbocycles. The first kappa shape index (κ1) is 21.9. The van der Waals surface area contributed by atoms with Crippen molar-refractivity contribution in [3.05, 3.63) is 23.3 Å². The topological polar surface area (TPSA) is 56.4 Å². The largest absolute Gasteiger partial charge is 0.493 e. The molecule has 1 saturated carbocycles. The number of methoxy groups -OCH3 is 2. The summed E-state index contributed by atoms with van der Waals surface area (Å²) in [6.45, 7) is 10.4. The molecule has 162 valence electrons. The Labute approximate surface area is 175 Å². The SMILES string of the molecule is COc1cc(C)c(C[NH+]2CC[NH+](CC(=O)NC3CCC(C)CC3)CC2)cc1OC. The maximum absolute atomic E-state index is 12.4. The van der Waals surface area contributed by atoms with Crippen molar-refractivity contribution in [2.75, 3.05) is 46.9 Å². The third-order valence-electron chi connectivity index (χ3n) is 6.74. The molecule has 2 aliphatic rings. The first-order chi connectivity index (χ1) is 14.0. The van der Waals surface area contributed by atoms with Gasteiger partial charge < -0.3 is 24.6 Å². The Kier molecular flexibility index (Phi) is 7.78. The minimum atomic E-state index is 0.235. The average molecular weight is 406 g/mol. The van der Waals surface area contributed by atoms with Crippen LogP contribution in [0.5, 0.6) is 11.5 Å². The molecule has 6 nitrogen and oxygen atoms in total. The Balaban J connectivity index is 1.44. The second kappa shape index (κ2) is 10.3. The van der Waals surface area contributed by atoms with E-state index in [2.05, 4.69) is 31.3 Å². The van der Waals surface area contributed by atoms with E-state index >= 15 is 0 Å². The van der Waals surface area contributed by atoms with Gasteiger partial charge in [0.05, 0.1) is 14.2 Å². The van der Waals surface area contributed by atoms with Gasteiger partial charge >= 0.3 is 0 Å². The Morgan fingerprint density at radius 1 is 1.00 bits per heavy atom. The number of benzene rings is 1. The Morgan fingerprint density at radius 2 is 1.59 bits per heavy atom. The number of quaternary nitrogens is 2. The van der Waals surface area contributed by atoms with Crippen LogP contribution in [-0.2, 0) is 11.3 Å². The highest BCUT2D eigenvalue weighted by Gasteiger charge is 2.27. The molecule has 3 N–H and O–H groups in total. The zero-order valence-corrected chi connectivity index (χ0v) is 18.6. The molecule has 1 aliphatic heterocycles. The van der Waals surface area contributed by atoms with Gasteiger partial charge in [0.25, 0.3) is 5.91 Å². The molecule has 0 radical (unpaired) electrons. The standard InChI is InChI=1S/C23H37N3O3/c1-17-5-7-20(8-6-17)24-23(27)16-26-11-9-25(10-12-26)15-19-14-22(29-4)21(28-3)13-18(19)2/h13-14,17,20H,5-12,15-16H2,1-4H3,(H,24,27)/p+2. The maximum Gasteiger partial charge on any atom is 0.275 e. The molecule has 1 heterocycles. The predicted molar refractivity (Wildman–Crippen MR) is 114 cm³/mol. The number of piperazine rings is 1. The number of hydrogen-bond donors (Lipinski definition) is 3. The molecule has 3 rings (SSSR count). The van der Waals surface area contributed by atoms with Gasteiger partial charge in [0.15, 0.2) is 18.0 Å². The lowest BCUT2D eigenvalue weighted by Crippen LogP contribution is -3.28. The van der Waals surface area contributed by atoms with Crippen LogP contribution in [0, 0.1) is 12.8 Å². The molecule has 29 heavy (non-hydrogen) atoms. The second-order valence-electron chi connectivity index (χ2n) is 9.01. The van der Waals surface area contributed by atoms with E-state index in [4.69, 9.17) is 9.47 Å². The minimum absolute atomic E-state index is 0.235. The predicted octanol–water partition coefficient (Wildman–Crippen LogP) is -0.00948. The van der Waals surface area contributed by atoms with Gasteiger partial charge in [-0.3, -0.25) is 4.79 Å². The number of amides is 1. The minimum Gasteiger partial charge on any atom is -0.493 e. The summed E-state index contributed by atoms with van der Waals surface area (Å²) in [5.74, 6) is 2.64. The van der Waals surface area contributed by atoms with Crippen molar-refractivity contribution in [1.82, 2.24) is 5.32 Å². The monoisotopic (exact) mass is 405 g/mol. The molecule has 0 atom stereocenters. The van der Waals surface area contributed by atoms with Crippen molar-refractivity contribution in [3.63, 3.8) is 0 Å². The molecular formula is C23H39N3O3+2. The van der Waals surface area contributed by atoms with E-state index in [1.807, 2.05) is 0 Å². The van der Waals surface area contributed by atoms with Crippen molar-refractivity contribution in [3.8, 4) is 11.5 Å². The first-order valence-corrected chi connectivity index (χ1v) is 11.2. The lowest BCUT2D eigenvalue weighted by molar-refractivity contribution is -1.02. The summed E-state index contributed by atoms with van der Waals surface area (Å²) in [4.78, 5) is 15.4. The van der Waals surface area contributed by atoms with Gasteiger partial charge in [-0.2, -0.15) is 0 Å². The van der Waals surface area contributed by atoms with Gasteiger partial charge in [-0.1, -0.05) is 6.92 Å². The van der Waals surface area contributed by atoms with E-state index < -0.39 is 0 Å². The lowest BCUT2D eigenvalue weighted by Gasteiger charge is -2.31. The fraction of sp³-hybridized carbons (Fsp3) is 0.696. The molecule has 0 unspecified atom stereocenters. The number of nitrogens with one attached hydrogen (secondary N) is 3. The van der Waals surface area contributed by atoms with E-state index in [1.165, 1.54) is 28.9 Å². The fourth-order valence-corrected chi connectivity index (χ4v) is 4.70. The molecule has 0 aromatic heterocycles. The van der Waals surface area contributed by atoms with Crippen molar-refractivity contribution in [2.45, 2.75) is 52.1 Å². The number of ether oxygens (including phenoxy) is 2. The fourth-order valence-electron chi connectivity index (χ4n) is 4.70. The number of hydrogen-bond acceptors (Lipinski definition) is 3. The summed E-state index contributed by atoms with van der Waals surface area (Å²) in [5, 5.41) is 3.28. The van der Waals surface area contributed by atoms with Gasteiger partial charge in [0.1, 0.15) is 32.7 Å². The third kappa shape index (κ3) is 6.09. The van der Waals surface area contributed by atoms with Crippen LogP contribution in [0.15, 0.2) is 12.1 Å². The molecule has 1 saturated heterocycles. The number of aryl methyl sites for hydroxylation is 1. The maximum atomic E-state index is 12.4. The summed E-state index contributed by atoms with van der Waals surface area (Å²) in [5.41, 5.74) is 2.55. The van der Waals surface area contributed by atoms with Crippen molar-refractivity contribution < 1.29 is 24.1 Å². The van der Waals surface area contributed by atoms with E-state index in [0.717, 1.165) is 63.0 Å². The molecule has 1 amide bonds. The van der Waals surface area contributed by atoms with Crippen LogP contribution in [0.1, 0.15) is 43.7 Å². The molecule has 0 spiro atoms. The zero-order chi connectivity index (χ0) is 20.8. The summed E-state index contributed by atoms with van der Waals surface area (Å²) in [6, 6.07) is 4.57. The Morgan fingerprint density at radius 3 is 2.21 bits per heavy atom. The van der Waals surface area contributed by atoms with Gasteiger partial charge in [-0.05, 0) is 56.2 Å². The van der Waals surface area contributed by atoms with Crippen LogP contribution >= 0.6 is 0 Å². The molecule has 0 bridgehead atoms. The van der Waals surface area contributed by atoms with E-state index in [0.29, 0.717) is 12.6 Å². The number of rotatable bonds is 7. The smallest absolute Gasteiger partial charge is 0.275 e. The highest BCUT2D eigenvalue weighted by atomic mass is 16.5. The number of carbonyl (C=O) groups is 1. The van der Waals surface area contributed by atoms with Crippen LogP contribution in [0.4, 0.5) is 0 Å². The van der Waals surface area contributed by atoms with Crippen molar-refractivity contribution >= 4 is 5.91 Å². The van der Waals surface area contributed by atoms with Crippen LogP contribution in [0.3, 0.4) is 0 Å². The van der Waals surface area contributed by atoms with E-state index in [1.54, 1.807) is 19.1 Å². The molecule has 2 fully saturated rings. The molecular weight excluding hydrogens is 366 g/mol. The van der Waals surface area contributed by atoms with E-state index in [9.17, 15) is 4.79 Å². The summed E-state index contributed by atoms with van der Waals surface area (Å²) in [6.07, 6.45) is 4.78. The van der Waals surface area contributed by atoms with Crippen molar-refractivity contribution in [1.29, 1.82) is 0 Å². The summed E-state index contributed by atoms with van der Waals surface area (Å²) < 4.78 is 10.9. The van der Waals surface area contributed by atoms with Crippen LogP contribution in [-0.4, -0.2) is 58.9 Å². The Bertz CT molecular complexity index is 678. The molecule has 6 heteroatoms.